The van der Waals surface area contributed by atoms with Crippen molar-refractivity contribution < 1.29 is 9.84 Å². The van der Waals surface area contributed by atoms with Crippen molar-refractivity contribution in [3.63, 3.8) is 0 Å². The summed E-state index contributed by atoms with van der Waals surface area (Å²) < 4.78 is 8.51. The number of nitrogens with zero attached hydrogens (tertiary/aromatic N) is 5. The molecule has 1 N–H and O–H groups in total. The molecule has 0 atom stereocenters. The average Bonchev–Trinajstić information content (AvgIpc) is 2.82. The van der Waals surface area contributed by atoms with Crippen molar-refractivity contribution >= 4 is 11.6 Å². The summed E-state index contributed by atoms with van der Waals surface area (Å²) in [4.78, 5) is 38.8. The molecular weight excluding hydrogens is 470 g/mol. The van der Waals surface area contributed by atoms with E-state index in [4.69, 9.17) is 16.3 Å². The van der Waals surface area contributed by atoms with Crippen LogP contribution in [-0.2, 0) is 12.2 Å². The van der Waals surface area contributed by atoms with Crippen LogP contribution >= 0.6 is 11.6 Å². The zero-order valence-corrected chi connectivity index (χ0v) is 20.4. The van der Waals surface area contributed by atoms with Crippen molar-refractivity contribution in [2.45, 2.75) is 39.9 Å². The van der Waals surface area contributed by atoms with Crippen LogP contribution in [0.5, 0.6) is 5.75 Å². The molecule has 0 saturated carbocycles. The molecule has 0 aliphatic rings. The minimum absolute atomic E-state index is 0.0848. The highest BCUT2D eigenvalue weighted by Gasteiger charge is 2.22. The van der Waals surface area contributed by atoms with Crippen molar-refractivity contribution in [3.8, 4) is 17.3 Å². The predicted octanol–water partition coefficient (Wildman–Crippen LogP) is 3.25. The van der Waals surface area contributed by atoms with Crippen LogP contribution in [0.4, 0.5) is 0 Å². The molecule has 0 aliphatic heterocycles. The molecule has 0 fully saturated rings. The fourth-order valence-electron chi connectivity index (χ4n) is 3.66. The second-order valence-corrected chi connectivity index (χ2v) is 8.95. The monoisotopic (exact) mass is 493 g/mol. The quantitative estimate of drug-likeness (QED) is 0.438. The Hall–Kier alpha value is -3.82. The fraction of sp³-hybridized carbons (Fsp3) is 0.240. The Morgan fingerprint density at radius 2 is 1.86 bits per heavy atom. The Morgan fingerprint density at radius 1 is 1.09 bits per heavy atom. The second kappa shape index (κ2) is 9.44. The lowest BCUT2D eigenvalue weighted by Crippen LogP contribution is -2.31. The van der Waals surface area contributed by atoms with Gasteiger partial charge < -0.3 is 9.84 Å². The van der Waals surface area contributed by atoms with Gasteiger partial charge in [-0.3, -0.25) is 28.7 Å². The molecule has 180 valence electrons. The van der Waals surface area contributed by atoms with Gasteiger partial charge in [0.15, 0.2) is 0 Å². The normalized spacial score (nSPS) is 11.5. The first kappa shape index (κ1) is 24.3. The van der Waals surface area contributed by atoms with Gasteiger partial charge in [0.2, 0.25) is 0 Å². The maximum atomic E-state index is 13.3. The van der Waals surface area contributed by atoms with Gasteiger partial charge in [-0.1, -0.05) is 11.6 Å². The molecule has 10 heteroatoms. The fourth-order valence-corrected chi connectivity index (χ4v) is 3.85. The topological polar surface area (TPSA) is 112 Å². The summed E-state index contributed by atoms with van der Waals surface area (Å²) in [7, 11) is 0. The second-order valence-electron chi connectivity index (χ2n) is 8.57. The maximum Gasteiger partial charge on any atom is 0.277 e. The summed E-state index contributed by atoms with van der Waals surface area (Å²) in [5, 5.41) is 10.3. The Morgan fingerprint density at radius 3 is 2.54 bits per heavy atom. The number of aryl methyl sites for hydroxylation is 2. The van der Waals surface area contributed by atoms with E-state index in [2.05, 4.69) is 15.0 Å². The van der Waals surface area contributed by atoms with Gasteiger partial charge in [0, 0.05) is 48.2 Å². The third kappa shape index (κ3) is 4.87. The first-order valence-corrected chi connectivity index (χ1v) is 11.2. The Bertz CT molecular complexity index is 1510. The van der Waals surface area contributed by atoms with E-state index in [1.807, 2.05) is 0 Å². The van der Waals surface area contributed by atoms with Crippen LogP contribution in [0.2, 0.25) is 5.02 Å². The number of aromatic nitrogens is 5. The van der Waals surface area contributed by atoms with Crippen LogP contribution in [0.1, 0.15) is 36.4 Å². The molecule has 0 aliphatic carbocycles. The summed E-state index contributed by atoms with van der Waals surface area (Å²) >= 11 is 6.40. The molecule has 4 rings (SSSR count). The summed E-state index contributed by atoms with van der Waals surface area (Å²) in [6.07, 6.45) is 7.81. The number of halogens is 1. The summed E-state index contributed by atoms with van der Waals surface area (Å²) in [5.41, 5.74) is 0.414. The zero-order valence-electron chi connectivity index (χ0n) is 19.7. The molecule has 35 heavy (non-hydrogen) atoms. The predicted molar refractivity (Wildman–Crippen MR) is 132 cm³/mol. The molecule has 0 aromatic carbocycles. The number of rotatable bonds is 6. The van der Waals surface area contributed by atoms with Gasteiger partial charge >= 0.3 is 0 Å². The van der Waals surface area contributed by atoms with E-state index in [1.165, 1.54) is 9.13 Å². The van der Waals surface area contributed by atoms with Crippen LogP contribution in [0.15, 0.2) is 64.8 Å². The van der Waals surface area contributed by atoms with Gasteiger partial charge in [0.1, 0.15) is 23.2 Å². The number of hydrogen-bond donors (Lipinski definition) is 1. The lowest BCUT2D eigenvalue weighted by Gasteiger charge is -2.19. The maximum absolute atomic E-state index is 13.3. The first-order valence-electron chi connectivity index (χ1n) is 10.8. The van der Waals surface area contributed by atoms with E-state index in [-0.39, 0.29) is 22.9 Å². The van der Waals surface area contributed by atoms with Crippen LogP contribution in [0.3, 0.4) is 0 Å². The minimum atomic E-state index is -1.32. The van der Waals surface area contributed by atoms with Crippen molar-refractivity contribution in [2.24, 2.45) is 0 Å². The van der Waals surface area contributed by atoms with E-state index in [9.17, 15) is 14.7 Å². The molecule has 4 heterocycles. The van der Waals surface area contributed by atoms with E-state index >= 15 is 0 Å². The van der Waals surface area contributed by atoms with E-state index in [0.29, 0.717) is 28.5 Å². The van der Waals surface area contributed by atoms with Gasteiger partial charge in [0.25, 0.3) is 11.1 Å². The highest BCUT2D eigenvalue weighted by Crippen LogP contribution is 2.26. The average molecular weight is 494 g/mol. The number of ether oxygens (including phenoxy) is 1. The third-order valence-electron chi connectivity index (χ3n) is 5.45. The summed E-state index contributed by atoms with van der Waals surface area (Å²) in [6.45, 7) is 6.76. The molecule has 9 nitrogen and oxygen atoms in total. The molecule has 4 aromatic rings. The molecular formula is C25H24ClN5O4. The third-order valence-corrected chi connectivity index (χ3v) is 5.79. The molecule has 0 saturated heterocycles. The molecule has 4 aromatic heterocycles. The standard InChI is InChI=1S/C25H24ClN5O4/c1-15-12-29-21(30-9-5-6-18(23(30)32)25(3,4)34)11-19(15)31-16(2)10-20(22(26)24(31)33)35-14-17-13-27-7-8-28-17/h5-13,34H,14H2,1-4H3. The van der Waals surface area contributed by atoms with Crippen molar-refractivity contribution in [2.75, 3.05) is 0 Å². The van der Waals surface area contributed by atoms with Gasteiger partial charge in [-0.2, -0.15) is 0 Å². The van der Waals surface area contributed by atoms with Gasteiger partial charge in [0.05, 0.1) is 23.2 Å². The van der Waals surface area contributed by atoms with Crippen LogP contribution < -0.4 is 15.9 Å². The van der Waals surface area contributed by atoms with Crippen LogP contribution in [-0.4, -0.2) is 29.2 Å². The molecule has 0 radical (unpaired) electrons. The highest BCUT2D eigenvalue weighted by molar-refractivity contribution is 6.31. The van der Waals surface area contributed by atoms with Gasteiger partial charge in [-0.25, -0.2) is 4.98 Å². The number of hydrogen-bond acceptors (Lipinski definition) is 7. The van der Waals surface area contributed by atoms with E-state index in [0.717, 1.165) is 0 Å². The van der Waals surface area contributed by atoms with Crippen LogP contribution in [0, 0.1) is 13.8 Å². The van der Waals surface area contributed by atoms with Crippen molar-refractivity contribution in [1.29, 1.82) is 0 Å². The summed E-state index contributed by atoms with van der Waals surface area (Å²) in [6, 6.07) is 6.53. The first-order chi connectivity index (χ1) is 16.6. The Kier molecular flexibility index (Phi) is 6.56. The SMILES string of the molecule is Cc1cnc(-n2cccc(C(C)(C)O)c2=O)cc1-n1c(C)cc(OCc2cnccn2)c(Cl)c1=O. The minimum Gasteiger partial charge on any atom is -0.485 e. The van der Waals surface area contributed by atoms with Crippen molar-refractivity contribution in [3.05, 3.63) is 103 Å². The smallest absolute Gasteiger partial charge is 0.277 e. The van der Waals surface area contributed by atoms with Gasteiger partial charge in [-0.15, -0.1) is 0 Å². The Balaban J connectivity index is 1.78. The zero-order chi connectivity index (χ0) is 25.3. The Labute approximate surface area is 206 Å². The van der Waals surface area contributed by atoms with Crippen molar-refractivity contribution in [1.82, 2.24) is 24.1 Å². The molecule has 0 amide bonds. The molecule has 0 spiro atoms. The molecule has 0 unspecified atom stereocenters. The van der Waals surface area contributed by atoms with E-state index < -0.39 is 16.7 Å². The highest BCUT2D eigenvalue weighted by atomic mass is 35.5. The number of pyridine rings is 3. The lowest BCUT2D eigenvalue weighted by molar-refractivity contribution is 0.0768. The molecule has 0 bridgehead atoms. The summed E-state index contributed by atoms with van der Waals surface area (Å²) in [5.74, 6) is 0.532. The van der Waals surface area contributed by atoms with Gasteiger partial charge in [-0.05, 0) is 45.4 Å². The van der Waals surface area contributed by atoms with E-state index in [1.54, 1.807) is 82.9 Å². The largest absolute Gasteiger partial charge is 0.485 e. The lowest BCUT2D eigenvalue weighted by atomic mass is 10.0. The number of aliphatic hydroxyl groups is 1. The van der Waals surface area contributed by atoms with Crippen LogP contribution in [0.25, 0.3) is 11.5 Å².